The lowest BCUT2D eigenvalue weighted by Gasteiger charge is -2.17. The fourth-order valence-corrected chi connectivity index (χ4v) is 2.36. The van der Waals surface area contributed by atoms with E-state index in [1.54, 1.807) is 0 Å². The highest BCUT2D eigenvalue weighted by molar-refractivity contribution is 7.80. The maximum absolute atomic E-state index is 6.24. The molecule has 1 rings (SSSR count). The molecule has 0 aliphatic rings. The van der Waals surface area contributed by atoms with E-state index in [0.717, 1.165) is 42.1 Å². The van der Waals surface area contributed by atoms with Crippen LogP contribution in [0, 0.1) is 0 Å². The molecule has 0 aliphatic carbocycles. The Hall–Kier alpha value is -0.800. The SMILES string of the molecule is CCCNC(=S)Nc1c(CC)ccc(Cl)c1CC. The number of hydrogen-bond acceptors (Lipinski definition) is 1. The van der Waals surface area contributed by atoms with E-state index in [2.05, 4.69) is 37.5 Å². The first kappa shape index (κ1) is 15.3. The smallest absolute Gasteiger partial charge is 0.170 e. The monoisotopic (exact) mass is 284 g/mol. The lowest BCUT2D eigenvalue weighted by molar-refractivity contribution is 0.846. The van der Waals surface area contributed by atoms with Crippen molar-refractivity contribution in [1.82, 2.24) is 5.32 Å². The minimum absolute atomic E-state index is 0.670. The molecule has 4 heteroatoms. The second-order valence-corrected chi connectivity index (χ2v) is 4.96. The second kappa shape index (κ2) is 7.59. The van der Waals surface area contributed by atoms with Gasteiger partial charge >= 0.3 is 0 Å². The van der Waals surface area contributed by atoms with Gasteiger partial charge in [-0.3, -0.25) is 0 Å². The Bertz CT molecular complexity index is 419. The van der Waals surface area contributed by atoms with Crippen molar-refractivity contribution in [2.45, 2.75) is 40.0 Å². The van der Waals surface area contributed by atoms with Crippen LogP contribution in [-0.4, -0.2) is 11.7 Å². The van der Waals surface area contributed by atoms with E-state index >= 15 is 0 Å². The van der Waals surface area contributed by atoms with Gasteiger partial charge in [0.15, 0.2) is 5.11 Å². The van der Waals surface area contributed by atoms with Crippen LogP contribution in [-0.2, 0) is 12.8 Å². The Morgan fingerprint density at radius 2 is 1.94 bits per heavy atom. The molecule has 0 spiro atoms. The summed E-state index contributed by atoms with van der Waals surface area (Å²) in [6.07, 6.45) is 2.91. The highest BCUT2D eigenvalue weighted by atomic mass is 35.5. The fourth-order valence-electron chi connectivity index (χ4n) is 1.86. The van der Waals surface area contributed by atoms with Crippen molar-refractivity contribution >= 4 is 34.6 Å². The van der Waals surface area contributed by atoms with E-state index in [4.69, 9.17) is 23.8 Å². The van der Waals surface area contributed by atoms with Crippen molar-refractivity contribution in [3.63, 3.8) is 0 Å². The van der Waals surface area contributed by atoms with E-state index in [0.29, 0.717) is 5.11 Å². The van der Waals surface area contributed by atoms with Crippen LogP contribution in [0.2, 0.25) is 5.02 Å². The summed E-state index contributed by atoms with van der Waals surface area (Å²) < 4.78 is 0. The molecule has 1 aromatic carbocycles. The van der Waals surface area contributed by atoms with Gasteiger partial charge in [-0.05, 0) is 48.7 Å². The number of rotatable bonds is 5. The topological polar surface area (TPSA) is 24.1 Å². The van der Waals surface area contributed by atoms with Crippen LogP contribution in [0.1, 0.15) is 38.3 Å². The fraction of sp³-hybridized carbons (Fsp3) is 0.500. The summed E-state index contributed by atoms with van der Waals surface area (Å²) in [5.74, 6) is 0. The Morgan fingerprint density at radius 1 is 1.22 bits per heavy atom. The number of hydrogen-bond donors (Lipinski definition) is 2. The highest BCUT2D eigenvalue weighted by Crippen LogP contribution is 2.29. The lowest BCUT2D eigenvalue weighted by Crippen LogP contribution is -2.29. The Balaban J connectivity index is 2.97. The molecular weight excluding hydrogens is 264 g/mol. The summed E-state index contributed by atoms with van der Waals surface area (Å²) in [4.78, 5) is 0. The first-order valence-corrected chi connectivity index (χ1v) is 7.27. The van der Waals surface area contributed by atoms with E-state index in [1.807, 2.05) is 6.07 Å². The van der Waals surface area contributed by atoms with Gasteiger partial charge < -0.3 is 10.6 Å². The molecule has 0 radical (unpaired) electrons. The third kappa shape index (κ3) is 3.85. The minimum atomic E-state index is 0.670. The van der Waals surface area contributed by atoms with Crippen LogP contribution in [0.25, 0.3) is 0 Å². The van der Waals surface area contributed by atoms with Gasteiger partial charge in [0.05, 0.1) is 0 Å². The van der Waals surface area contributed by atoms with Gasteiger partial charge in [-0.15, -0.1) is 0 Å². The predicted molar refractivity (Wildman–Crippen MR) is 84.7 cm³/mol. The number of halogens is 1. The zero-order chi connectivity index (χ0) is 13.5. The van der Waals surface area contributed by atoms with Gasteiger partial charge in [0.25, 0.3) is 0 Å². The van der Waals surface area contributed by atoms with Crippen molar-refractivity contribution in [3.05, 3.63) is 28.3 Å². The van der Waals surface area contributed by atoms with E-state index in [1.165, 1.54) is 5.56 Å². The standard InChI is InChI=1S/C14H21ClN2S/c1-4-9-16-14(18)17-13-10(5-2)7-8-12(15)11(13)6-3/h7-8H,4-6,9H2,1-3H3,(H2,16,17,18). The highest BCUT2D eigenvalue weighted by Gasteiger charge is 2.11. The van der Waals surface area contributed by atoms with Crippen LogP contribution in [0.4, 0.5) is 5.69 Å². The van der Waals surface area contributed by atoms with Crippen LogP contribution >= 0.6 is 23.8 Å². The first-order valence-electron chi connectivity index (χ1n) is 6.49. The molecule has 0 fully saturated rings. The maximum Gasteiger partial charge on any atom is 0.170 e. The molecule has 0 aliphatic heterocycles. The Kier molecular flexibility index (Phi) is 6.44. The lowest BCUT2D eigenvalue weighted by atomic mass is 10.0. The van der Waals surface area contributed by atoms with Crippen molar-refractivity contribution in [2.75, 3.05) is 11.9 Å². The summed E-state index contributed by atoms with van der Waals surface area (Å²) in [5.41, 5.74) is 3.45. The van der Waals surface area contributed by atoms with E-state index in [-0.39, 0.29) is 0 Å². The molecule has 2 nitrogen and oxygen atoms in total. The summed E-state index contributed by atoms with van der Waals surface area (Å²) >= 11 is 11.5. The maximum atomic E-state index is 6.24. The third-order valence-corrected chi connectivity index (χ3v) is 3.45. The zero-order valence-corrected chi connectivity index (χ0v) is 12.8. The van der Waals surface area contributed by atoms with Crippen LogP contribution < -0.4 is 10.6 Å². The number of aryl methyl sites for hydroxylation is 1. The minimum Gasteiger partial charge on any atom is -0.362 e. The molecule has 18 heavy (non-hydrogen) atoms. The molecule has 0 amide bonds. The summed E-state index contributed by atoms with van der Waals surface area (Å²) in [6.45, 7) is 7.24. The average molecular weight is 285 g/mol. The van der Waals surface area contributed by atoms with Gasteiger partial charge in [-0.25, -0.2) is 0 Å². The van der Waals surface area contributed by atoms with Gasteiger partial charge in [-0.1, -0.05) is 38.4 Å². The van der Waals surface area contributed by atoms with E-state index < -0.39 is 0 Å². The average Bonchev–Trinajstić information content (AvgIpc) is 2.37. The Labute approximate surface area is 120 Å². The molecule has 100 valence electrons. The third-order valence-electron chi connectivity index (χ3n) is 2.85. The molecule has 0 unspecified atom stereocenters. The molecule has 0 heterocycles. The quantitative estimate of drug-likeness (QED) is 0.794. The van der Waals surface area contributed by atoms with Crippen molar-refractivity contribution in [1.29, 1.82) is 0 Å². The molecule has 0 saturated heterocycles. The van der Waals surface area contributed by atoms with Gasteiger partial charge in [-0.2, -0.15) is 0 Å². The molecule has 2 N–H and O–H groups in total. The molecular formula is C14H21ClN2S. The first-order chi connectivity index (χ1) is 8.63. The number of anilines is 1. The predicted octanol–water partition coefficient (Wildman–Crippen LogP) is 4.16. The number of nitrogens with one attached hydrogen (secondary N) is 2. The molecule has 0 atom stereocenters. The Morgan fingerprint density at radius 3 is 2.50 bits per heavy atom. The molecule has 0 bridgehead atoms. The van der Waals surface area contributed by atoms with Crippen molar-refractivity contribution in [2.24, 2.45) is 0 Å². The molecule has 1 aromatic rings. The van der Waals surface area contributed by atoms with Crippen molar-refractivity contribution < 1.29 is 0 Å². The second-order valence-electron chi connectivity index (χ2n) is 4.15. The van der Waals surface area contributed by atoms with Gasteiger partial charge in [0.2, 0.25) is 0 Å². The molecule has 0 saturated carbocycles. The summed E-state index contributed by atoms with van der Waals surface area (Å²) in [6, 6.07) is 4.03. The zero-order valence-electron chi connectivity index (χ0n) is 11.3. The van der Waals surface area contributed by atoms with Gasteiger partial charge in [0, 0.05) is 17.3 Å². The summed E-state index contributed by atoms with van der Waals surface area (Å²) in [5, 5.41) is 7.94. The normalized spacial score (nSPS) is 10.2. The number of thiocarbonyl (C=S) groups is 1. The number of benzene rings is 1. The van der Waals surface area contributed by atoms with E-state index in [9.17, 15) is 0 Å². The largest absolute Gasteiger partial charge is 0.362 e. The van der Waals surface area contributed by atoms with Gasteiger partial charge in [0.1, 0.15) is 0 Å². The van der Waals surface area contributed by atoms with Crippen LogP contribution in [0.5, 0.6) is 0 Å². The summed E-state index contributed by atoms with van der Waals surface area (Å²) in [7, 11) is 0. The molecule has 0 aromatic heterocycles. The van der Waals surface area contributed by atoms with Crippen molar-refractivity contribution in [3.8, 4) is 0 Å². The van der Waals surface area contributed by atoms with Crippen LogP contribution in [0.3, 0.4) is 0 Å². The van der Waals surface area contributed by atoms with Crippen LogP contribution in [0.15, 0.2) is 12.1 Å².